The fourth-order valence-corrected chi connectivity index (χ4v) is 2.53. The first kappa shape index (κ1) is 15.6. The van der Waals surface area contributed by atoms with Gasteiger partial charge in [-0.25, -0.2) is 0 Å². The van der Waals surface area contributed by atoms with E-state index in [4.69, 9.17) is 4.74 Å². The zero-order valence-corrected chi connectivity index (χ0v) is 13.2. The molecule has 0 aliphatic rings. The molecule has 1 N–H and O–H groups in total. The number of rotatable bonds is 7. The lowest BCUT2D eigenvalue weighted by Gasteiger charge is -2.15. The Bertz CT molecular complexity index is 548. The molecule has 1 unspecified atom stereocenters. The van der Waals surface area contributed by atoms with Crippen LogP contribution >= 0.6 is 0 Å². The van der Waals surface area contributed by atoms with Crippen LogP contribution < -0.4 is 10.1 Å². The van der Waals surface area contributed by atoms with Gasteiger partial charge in [0.2, 0.25) is 0 Å². The summed E-state index contributed by atoms with van der Waals surface area (Å²) in [6.07, 6.45) is 2.12. The Kier molecular flexibility index (Phi) is 5.82. The van der Waals surface area contributed by atoms with Crippen LogP contribution in [0.5, 0.6) is 5.75 Å². The van der Waals surface area contributed by atoms with Gasteiger partial charge >= 0.3 is 0 Å². The zero-order chi connectivity index (χ0) is 15.1. The van der Waals surface area contributed by atoms with Gasteiger partial charge in [0.05, 0.1) is 7.11 Å². The van der Waals surface area contributed by atoms with E-state index in [1.54, 1.807) is 7.11 Å². The highest BCUT2D eigenvalue weighted by molar-refractivity contribution is 5.28. The largest absolute Gasteiger partial charge is 0.497 e. The lowest BCUT2D eigenvalue weighted by molar-refractivity contribution is 0.414. The minimum Gasteiger partial charge on any atom is -0.497 e. The molecule has 21 heavy (non-hydrogen) atoms. The molecule has 0 amide bonds. The second-order valence-corrected chi connectivity index (χ2v) is 5.58. The normalized spacial score (nSPS) is 12.1. The molecular formula is C19H25NO. The van der Waals surface area contributed by atoms with E-state index in [0.717, 1.165) is 25.1 Å². The molecule has 0 saturated heterocycles. The van der Waals surface area contributed by atoms with Crippen LogP contribution in [0.25, 0.3) is 0 Å². The third-order valence-electron chi connectivity index (χ3n) is 3.85. The van der Waals surface area contributed by atoms with Crippen LogP contribution in [-0.4, -0.2) is 19.7 Å². The molecule has 0 heterocycles. The molecule has 0 fully saturated rings. The smallest absolute Gasteiger partial charge is 0.118 e. The van der Waals surface area contributed by atoms with Crippen LogP contribution in [-0.2, 0) is 12.8 Å². The molecule has 0 saturated carbocycles. The topological polar surface area (TPSA) is 21.3 Å². The van der Waals surface area contributed by atoms with Crippen molar-refractivity contribution < 1.29 is 4.74 Å². The van der Waals surface area contributed by atoms with Gasteiger partial charge in [-0.15, -0.1) is 0 Å². The molecule has 0 aromatic heterocycles. The van der Waals surface area contributed by atoms with Crippen LogP contribution in [0.4, 0.5) is 0 Å². The summed E-state index contributed by atoms with van der Waals surface area (Å²) in [4.78, 5) is 0. The molecule has 0 aliphatic carbocycles. The van der Waals surface area contributed by atoms with Crippen LogP contribution in [0, 0.1) is 6.92 Å². The molecule has 2 aromatic carbocycles. The molecule has 112 valence electrons. The molecule has 0 aliphatic heterocycles. The molecule has 2 rings (SSSR count). The predicted octanol–water partition coefficient (Wildman–Crippen LogP) is 3.77. The van der Waals surface area contributed by atoms with E-state index in [-0.39, 0.29) is 0 Å². The lowest BCUT2D eigenvalue weighted by atomic mass is 10.0. The van der Waals surface area contributed by atoms with Crippen LogP contribution in [0.15, 0.2) is 48.5 Å². The highest BCUT2D eigenvalue weighted by atomic mass is 16.5. The molecule has 2 nitrogen and oxygen atoms in total. The minimum absolute atomic E-state index is 0.474. The summed E-state index contributed by atoms with van der Waals surface area (Å²) in [6, 6.07) is 17.4. The average Bonchev–Trinajstić information content (AvgIpc) is 2.50. The summed E-state index contributed by atoms with van der Waals surface area (Å²) < 4.78 is 5.18. The maximum absolute atomic E-state index is 5.18. The first-order chi connectivity index (χ1) is 10.2. The zero-order valence-electron chi connectivity index (χ0n) is 13.2. The maximum atomic E-state index is 5.18. The Morgan fingerprint density at radius 1 is 1.05 bits per heavy atom. The molecule has 0 bridgehead atoms. The van der Waals surface area contributed by atoms with E-state index < -0.39 is 0 Å². The summed E-state index contributed by atoms with van der Waals surface area (Å²) in [6.45, 7) is 5.43. The number of benzene rings is 2. The number of methoxy groups -OCH3 is 1. The molecule has 0 radical (unpaired) electrons. The molecule has 1 atom stereocenters. The fraction of sp³-hybridized carbons (Fsp3) is 0.368. The lowest BCUT2D eigenvalue weighted by Crippen LogP contribution is -2.30. The number of hydrogen-bond donors (Lipinski definition) is 1. The summed E-state index contributed by atoms with van der Waals surface area (Å²) >= 11 is 0. The summed E-state index contributed by atoms with van der Waals surface area (Å²) in [5, 5.41) is 3.60. The van der Waals surface area contributed by atoms with Crippen molar-refractivity contribution >= 4 is 0 Å². The number of nitrogens with one attached hydrogen (secondary N) is 1. The average molecular weight is 283 g/mol. The van der Waals surface area contributed by atoms with E-state index in [2.05, 4.69) is 55.6 Å². The van der Waals surface area contributed by atoms with Gasteiger partial charge in [0.25, 0.3) is 0 Å². The van der Waals surface area contributed by atoms with E-state index in [1.807, 2.05) is 12.1 Å². The number of hydrogen-bond acceptors (Lipinski definition) is 2. The maximum Gasteiger partial charge on any atom is 0.118 e. The van der Waals surface area contributed by atoms with Gasteiger partial charge in [0.1, 0.15) is 5.75 Å². The van der Waals surface area contributed by atoms with Crippen molar-refractivity contribution in [3.63, 3.8) is 0 Å². The van der Waals surface area contributed by atoms with Gasteiger partial charge in [-0.2, -0.15) is 0 Å². The first-order valence-corrected chi connectivity index (χ1v) is 7.60. The minimum atomic E-state index is 0.474. The highest BCUT2D eigenvalue weighted by Gasteiger charge is 2.04. The van der Waals surface area contributed by atoms with Gasteiger partial charge in [-0.05, 0) is 62.1 Å². The Labute approximate surface area is 128 Å². The molecule has 2 heteroatoms. The SMILES string of the molecule is COc1ccc(CC(C)NCCc2ccccc2C)cc1. The first-order valence-electron chi connectivity index (χ1n) is 7.60. The van der Waals surface area contributed by atoms with Crippen molar-refractivity contribution in [2.45, 2.75) is 32.7 Å². The van der Waals surface area contributed by atoms with Gasteiger partial charge < -0.3 is 10.1 Å². The van der Waals surface area contributed by atoms with Crippen LogP contribution in [0.2, 0.25) is 0 Å². The van der Waals surface area contributed by atoms with Crippen molar-refractivity contribution in [1.82, 2.24) is 5.32 Å². The van der Waals surface area contributed by atoms with Crippen molar-refractivity contribution in [1.29, 1.82) is 0 Å². The molecular weight excluding hydrogens is 258 g/mol. The van der Waals surface area contributed by atoms with Gasteiger partial charge in [0, 0.05) is 6.04 Å². The quantitative estimate of drug-likeness (QED) is 0.835. The van der Waals surface area contributed by atoms with Gasteiger partial charge in [0.15, 0.2) is 0 Å². The van der Waals surface area contributed by atoms with E-state index >= 15 is 0 Å². The predicted molar refractivity (Wildman–Crippen MR) is 89.0 cm³/mol. The Balaban J connectivity index is 1.76. The van der Waals surface area contributed by atoms with E-state index in [9.17, 15) is 0 Å². The third kappa shape index (κ3) is 4.91. The van der Waals surface area contributed by atoms with Crippen molar-refractivity contribution in [2.75, 3.05) is 13.7 Å². The second kappa shape index (κ2) is 7.84. The summed E-state index contributed by atoms with van der Waals surface area (Å²) in [5.74, 6) is 0.916. The van der Waals surface area contributed by atoms with Crippen LogP contribution in [0.3, 0.4) is 0 Å². The van der Waals surface area contributed by atoms with Gasteiger partial charge in [-0.3, -0.25) is 0 Å². The van der Waals surface area contributed by atoms with Crippen molar-refractivity contribution in [3.05, 3.63) is 65.2 Å². The highest BCUT2D eigenvalue weighted by Crippen LogP contribution is 2.13. The van der Waals surface area contributed by atoms with E-state index in [1.165, 1.54) is 16.7 Å². The summed E-state index contributed by atoms with van der Waals surface area (Å²) in [5.41, 5.74) is 4.15. The number of ether oxygens (including phenoxy) is 1. The standard InChI is InChI=1S/C19H25NO/c1-15-6-4-5-7-18(15)12-13-20-16(2)14-17-8-10-19(21-3)11-9-17/h4-11,16,20H,12-14H2,1-3H3. The number of aryl methyl sites for hydroxylation is 1. The Hall–Kier alpha value is -1.80. The molecule has 0 spiro atoms. The van der Waals surface area contributed by atoms with Crippen molar-refractivity contribution in [3.8, 4) is 5.75 Å². The Morgan fingerprint density at radius 3 is 2.43 bits per heavy atom. The van der Waals surface area contributed by atoms with E-state index in [0.29, 0.717) is 6.04 Å². The van der Waals surface area contributed by atoms with Crippen LogP contribution in [0.1, 0.15) is 23.6 Å². The molecule has 2 aromatic rings. The van der Waals surface area contributed by atoms with Crippen molar-refractivity contribution in [2.24, 2.45) is 0 Å². The summed E-state index contributed by atoms with van der Waals surface area (Å²) in [7, 11) is 1.70. The fourth-order valence-electron chi connectivity index (χ4n) is 2.53. The second-order valence-electron chi connectivity index (χ2n) is 5.58. The Morgan fingerprint density at radius 2 is 1.76 bits per heavy atom. The van der Waals surface area contributed by atoms with Gasteiger partial charge in [-0.1, -0.05) is 36.4 Å². The third-order valence-corrected chi connectivity index (χ3v) is 3.85. The monoisotopic (exact) mass is 283 g/mol.